The van der Waals surface area contributed by atoms with Crippen LogP contribution in [0.1, 0.15) is 36.3 Å². The maximum Gasteiger partial charge on any atom is 0.266 e. The average Bonchev–Trinajstić information content (AvgIpc) is 2.73. The van der Waals surface area contributed by atoms with Gasteiger partial charge in [0.2, 0.25) is 0 Å². The molecule has 0 aliphatic rings. The molecule has 2 heterocycles. The van der Waals surface area contributed by atoms with Gasteiger partial charge in [-0.3, -0.25) is 0 Å². The molecule has 0 aliphatic heterocycles. The van der Waals surface area contributed by atoms with Gasteiger partial charge in [-0.15, -0.1) is 0 Å². The average molecular weight is 426 g/mol. The Morgan fingerprint density at radius 3 is 2.39 bits per heavy atom. The van der Waals surface area contributed by atoms with Crippen LogP contribution in [0.15, 0.2) is 54.7 Å². The summed E-state index contributed by atoms with van der Waals surface area (Å²) in [6.45, 7) is 3.34. The normalized spacial score (nSPS) is 12.4. The molecule has 158 valence electrons. The van der Waals surface area contributed by atoms with Crippen LogP contribution in [0, 0.1) is 18.6 Å². The number of hydrogen-bond donors (Lipinski definition) is 1. The molecule has 1 N–H and O–H groups in total. The van der Waals surface area contributed by atoms with Crippen molar-refractivity contribution in [3.8, 4) is 11.1 Å². The number of aromatic nitrogens is 3. The van der Waals surface area contributed by atoms with Crippen molar-refractivity contribution in [3.63, 3.8) is 0 Å². The maximum absolute atomic E-state index is 14.6. The van der Waals surface area contributed by atoms with Crippen LogP contribution in [-0.4, -0.2) is 15.0 Å². The number of rotatable bonds is 5. The molecule has 4 aromatic rings. The fourth-order valence-electron chi connectivity index (χ4n) is 3.41. The number of nitrogens with zero attached hydrogens (tertiary/aromatic N) is 3. The van der Waals surface area contributed by atoms with E-state index in [-0.39, 0.29) is 11.4 Å². The first-order valence-electron chi connectivity index (χ1n) is 9.57. The number of anilines is 1. The minimum absolute atomic E-state index is 0.0939. The molecule has 2 aromatic carbocycles. The molecule has 31 heavy (non-hydrogen) atoms. The van der Waals surface area contributed by atoms with Crippen LogP contribution in [0.3, 0.4) is 0 Å². The van der Waals surface area contributed by atoms with E-state index < -0.39 is 23.8 Å². The van der Waals surface area contributed by atoms with E-state index in [0.717, 1.165) is 6.07 Å². The molecule has 8 heteroatoms. The summed E-state index contributed by atoms with van der Waals surface area (Å²) in [6, 6.07) is 11.1. The summed E-state index contributed by atoms with van der Waals surface area (Å²) in [5.41, 5.74) is 1.14. The Balaban J connectivity index is 1.76. The van der Waals surface area contributed by atoms with Crippen molar-refractivity contribution in [1.82, 2.24) is 15.0 Å². The van der Waals surface area contributed by atoms with Crippen molar-refractivity contribution in [1.29, 1.82) is 0 Å². The first kappa shape index (κ1) is 20.7. The topological polar surface area (TPSA) is 50.7 Å². The van der Waals surface area contributed by atoms with E-state index in [1.165, 1.54) is 24.3 Å². The molecule has 0 saturated carbocycles. The van der Waals surface area contributed by atoms with Crippen LogP contribution < -0.4 is 5.32 Å². The van der Waals surface area contributed by atoms with Gasteiger partial charge in [0.25, 0.3) is 6.43 Å². The zero-order valence-corrected chi connectivity index (χ0v) is 16.7. The zero-order chi connectivity index (χ0) is 22.1. The third-order valence-electron chi connectivity index (χ3n) is 4.93. The van der Waals surface area contributed by atoms with Crippen molar-refractivity contribution in [2.75, 3.05) is 5.32 Å². The summed E-state index contributed by atoms with van der Waals surface area (Å²) in [7, 11) is 0. The standard InChI is InChI=1S/C23H18F4N4/c1-12(17-7-4-8-18(20(17)25)21(26)27)29-23-19-10-15(14-5-3-6-16(24)9-14)11-28-22(19)30-13(2)31-23/h3-12,21H,1-2H3,(H,28,29,30,31)/t12-/m1/s1. The van der Waals surface area contributed by atoms with Crippen molar-refractivity contribution >= 4 is 16.9 Å². The molecule has 0 aliphatic carbocycles. The van der Waals surface area contributed by atoms with E-state index in [1.54, 1.807) is 38.2 Å². The monoisotopic (exact) mass is 426 g/mol. The second-order valence-electron chi connectivity index (χ2n) is 7.14. The fourth-order valence-corrected chi connectivity index (χ4v) is 3.41. The minimum atomic E-state index is -2.91. The molecule has 1 atom stereocenters. The molecule has 0 spiro atoms. The van der Waals surface area contributed by atoms with Crippen LogP contribution in [0.25, 0.3) is 22.2 Å². The Hall–Kier alpha value is -3.55. The van der Waals surface area contributed by atoms with Crippen LogP contribution >= 0.6 is 0 Å². The Kier molecular flexibility index (Phi) is 5.54. The highest BCUT2D eigenvalue weighted by molar-refractivity contribution is 5.90. The van der Waals surface area contributed by atoms with Gasteiger partial charge in [0.15, 0.2) is 5.65 Å². The van der Waals surface area contributed by atoms with Gasteiger partial charge >= 0.3 is 0 Å². The van der Waals surface area contributed by atoms with Gasteiger partial charge in [-0.25, -0.2) is 32.5 Å². The molecule has 4 rings (SSSR count). The molecule has 2 aromatic heterocycles. The lowest BCUT2D eigenvalue weighted by Crippen LogP contribution is -2.12. The molecule has 0 fully saturated rings. The highest BCUT2D eigenvalue weighted by Gasteiger charge is 2.20. The van der Waals surface area contributed by atoms with E-state index in [2.05, 4.69) is 20.3 Å². The first-order chi connectivity index (χ1) is 14.8. The van der Waals surface area contributed by atoms with Crippen LogP contribution in [0.4, 0.5) is 23.4 Å². The Labute approximate surface area is 176 Å². The van der Waals surface area contributed by atoms with E-state index in [1.807, 2.05) is 0 Å². The number of aryl methyl sites for hydroxylation is 1. The van der Waals surface area contributed by atoms with Gasteiger partial charge in [-0.1, -0.05) is 30.3 Å². The lowest BCUT2D eigenvalue weighted by Gasteiger charge is -2.18. The summed E-state index contributed by atoms with van der Waals surface area (Å²) in [4.78, 5) is 13.1. The second kappa shape index (κ2) is 8.29. The van der Waals surface area contributed by atoms with E-state index in [4.69, 9.17) is 0 Å². The second-order valence-corrected chi connectivity index (χ2v) is 7.14. The number of pyridine rings is 1. The number of alkyl halides is 2. The van der Waals surface area contributed by atoms with Gasteiger partial charge < -0.3 is 5.32 Å². The summed E-state index contributed by atoms with van der Waals surface area (Å²) in [6.07, 6.45) is -1.32. The third kappa shape index (κ3) is 4.19. The van der Waals surface area contributed by atoms with Crippen LogP contribution in [0.5, 0.6) is 0 Å². The Morgan fingerprint density at radius 2 is 1.65 bits per heavy atom. The molecule has 0 radical (unpaired) electrons. The highest BCUT2D eigenvalue weighted by Crippen LogP contribution is 2.31. The molecule has 0 amide bonds. The van der Waals surface area contributed by atoms with E-state index in [9.17, 15) is 17.6 Å². The number of hydrogen-bond acceptors (Lipinski definition) is 4. The van der Waals surface area contributed by atoms with Crippen molar-refractivity contribution < 1.29 is 17.6 Å². The smallest absolute Gasteiger partial charge is 0.266 e. The zero-order valence-electron chi connectivity index (χ0n) is 16.7. The lowest BCUT2D eigenvalue weighted by atomic mass is 10.0. The molecule has 4 nitrogen and oxygen atoms in total. The van der Waals surface area contributed by atoms with Crippen molar-refractivity contribution in [2.24, 2.45) is 0 Å². The van der Waals surface area contributed by atoms with Crippen LogP contribution in [0.2, 0.25) is 0 Å². The van der Waals surface area contributed by atoms with E-state index >= 15 is 0 Å². The highest BCUT2D eigenvalue weighted by atomic mass is 19.3. The number of benzene rings is 2. The van der Waals surface area contributed by atoms with Gasteiger partial charge in [-0.2, -0.15) is 0 Å². The van der Waals surface area contributed by atoms with Gasteiger partial charge in [-0.05, 0) is 37.6 Å². The maximum atomic E-state index is 14.6. The summed E-state index contributed by atoms with van der Waals surface area (Å²) < 4.78 is 54.4. The third-order valence-corrected chi connectivity index (χ3v) is 4.93. The quantitative estimate of drug-likeness (QED) is 0.376. The summed E-state index contributed by atoms with van der Waals surface area (Å²) >= 11 is 0. The molecule has 0 bridgehead atoms. The molecular weight excluding hydrogens is 408 g/mol. The largest absolute Gasteiger partial charge is 0.363 e. The SMILES string of the molecule is Cc1nc(N[C@H](C)c2cccc(C(F)F)c2F)c2cc(-c3cccc(F)c3)cnc2n1. The number of halogens is 4. The predicted octanol–water partition coefficient (Wildman–Crippen LogP) is 6.39. The van der Waals surface area contributed by atoms with Gasteiger partial charge in [0.1, 0.15) is 23.3 Å². The first-order valence-corrected chi connectivity index (χ1v) is 9.57. The lowest BCUT2D eigenvalue weighted by molar-refractivity contribution is 0.146. The molecule has 0 saturated heterocycles. The van der Waals surface area contributed by atoms with Gasteiger partial charge in [0, 0.05) is 17.3 Å². The summed E-state index contributed by atoms with van der Waals surface area (Å²) in [5, 5.41) is 3.63. The van der Waals surface area contributed by atoms with Gasteiger partial charge in [0.05, 0.1) is 17.0 Å². The predicted molar refractivity (Wildman–Crippen MR) is 111 cm³/mol. The molecule has 0 unspecified atom stereocenters. The number of nitrogens with one attached hydrogen (secondary N) is 1. The van der Waals surface area contributed by atoms with Crippen molar-refractivity contribution in [3.05, 3.63) is 83.3 Å². The van der Waals surface area contributed by atoms with Crippen molar-refractivity contribution in [2.45, 2.75) is 26.3 Å². The minimum Gasteiger partial charge on any atom is -0.363 e. The van der Waals surface area contributed by atoms with Crippen LogP contribution in [-0.2, 0) is 0 Å². The number of fused-ring (bicyclic) bond motifs is 1. The fraction of sp³-hybridized carbons (Fsp3) is 0.174. The Bertz CT molecular complexity index is 1260. The summed E-state index contributed by atoms with van der Waals surface area (Å²) in [5.74, 6) is -0.511. The Morgan fingerprint density at radius 1 is 0.903 bits per heavy atom. The van der Waals surface area contributed by atoms with E-state index in [0.29, 0.717) is 33.8 Å². The molecular formula is C23H18F4N4.